The fraction of sp³-hybridized carbons (Fsp3) is 0.500. The second-order valence-electron chi connectivity index (χ2n) is 8.29. The molecule has 1 heterocycles. The van der Waals surface area contributed by atoms with Crippen molar-refractivity contribution in [3.63, 3.8) is 0 Å². The van der Waals surface area contributed by atoms with Crippen LogP contribution in [-0.4, -0.2) is 13.2 Å². The number of hydrogen-bond acceptors (Lipinski definition) is 2. The molecule has 0 radical (unpaired) electrons. The first-order chi connectivity index (χ1) is 12.8. The zero-order valence-corrected chi connectivity index (χ0v) is 15.8. The molecule has 136 valence electrons. The van der Waals surface area contributed by atoms with Gasteiger partial charge in [-0.2, -0.15) is 0 Å². The lowest BCUT2D eigenvalue weighted by atomic mass is 9.80. The fourth-order valence-corrected chi connectivity index (χ4v) is 4.91. The van der Waals surface area contributed by atoms with Crippen molar-refractivity contribution in [2.24, 2.45) is 5.92 Å². The summed E-state index contributed by atoms with van der Waals surface area (Å²) in [5.74, 6) is 2.53. The summed E-state index contributed by atoms with van der Waals surface area (Å²) in [6, 6.07) is 9.07. The van der Waals surface area contributed by atoms with E-state index >= 15 is 0 Å². The molecule has 3 aliphatic rings. The number of benzene rings is 2. The second kappa shape index (κ2) is 6.64. The van der Waals surface area contributed by atoms with E-state index < -0.39 is 0 Å². The number of fused-ring (bicyclic) bond motifs is 7. The molecular formula is C24H28O2. The zero-order chi connectivity index (χ0) is 17.5. The van der Waals surface area contributed by atoms with E-state index in [4.69, 9.17) is 9.47 Å². The van der Waals surface area contributed by atoms with Crippen molar-refractivity contribution in [2.45, 2.75) is 58.3 Å². The Labute approximate surface area is 156 Å². The van der Waals surface area contributed by atoms with Gasteiger partial charge < -0.3 is 9.47 Å². The highest BCUT2D eigenvalue weighted by atomic mass is 16.5. The molecule has 1 aliphatic heterocycles. The summed E-state index contributed by atoms with van der Waals surface area (Å²) >= 11 is 0. The summed E-state index contributed by atoms with van der Waals surface area (Å²) in [4.78, 5) is 0. The SMILES string of the molecule is CC1COc2ccc3c(c2-c2c(ccc4c2CCCC4)OC1)CCCC3. The Bertz CT molecular complexity index is 767. The molecule has 2 nitrogen and oxygen atoms in total. The van der Waals surface area contributed by atoms with Gasteiger partial charge in [-0.15, -0.1) is 0 Å². The molecule has 26 heavy (non-hydrogen) atoms. The summed E-state index contributed by atoms with van der Waals surface area (Å²) in [5.41, 5.74) is 8.78. The molecule has 0 spiro atoms. The van der Waals surface area contributed by atoms with E-state index in [0.717, 1.165) is 24.7 Å². The maximum atomic E-state index is 6.35. The molecule has 0 N–H and O–H groups in total. The monoisotopic (exact) mass is 348 g/mol. The molecule has 0 fully saturated rings. The molecule has 0 saturated heterocycles. The molecule has 0 unspecified atom stereocenters. The summed E-state index contributed by atoms with van der Waals surface area (Å²) in [5, 5.41) is 0. The quantitative estimate of drug-likeness (QED) is 0.624. The third kappa shape index (κ3) is 2.71. The Morgan fingerprint density at radius 1 is 0.654 bits per heavy atom. The highest BCUT2D eigenvalue weighted by Crippen LogP contribution is 2.47. The van der Waals surface area contributed by atoms with Gasteiger partial charge in [-0.25, -0.2) is 0 Å². The highest BCUT2D eigenvalue weighted by Gasteiger charge is 2.27. The van der Waals surface area contributed by atoms with Gasteiger partial charge in [-0.1, -0.05) is 19.1 Å². The lowest BCUT2D eigenvalue weighted by molar-refractivity contribution is 0.192. The maximum absolute atomic E-state index is 6.35. The number of ether oxygens (including phenoxy) is 2. The summed E-state index contributed by atoms with van der Waals surface area (Å²) in [6.07, 6.45) is 9.91. The molecule has 0 atom stereocenters. The van der Waals surface area contributed by atoms with E-state index in [9.17, 15) is 0 Å². The van der Waals surface area contributed by atoms with Crippen molar-refractivity contribution in [3.05, 3.63) is 46.5 Å². The first-order valence-electron chi connectivity index (χ1n) is 10.4. The van der Waals surface area contributed by atoms with Crippen LogP contribution in [0.15, 0.2) is 24.3 Å². The third-order valence-corrected chi connectivity index (χ3v) is 6.29. The molecule has 0 bridgehead atoms. The van der Waals surface area contributed by atoms with Crippen molar-refractivity contribution >= 4 is 0 Å². The van der Waals surface area contributed by atoms with E-state index in [1.54, 1.807) is 0 Å². The van der Waals surface area contributed by atoms with Gasteiger partial charge in [-0.05, 0) is 85.8 Å². The van der Waals surface area contributed by atoms with Gasteiger partial charge in [0.1, 0.15) is 11.5 Å². The Kier molecular flexibility index (Phi) is 4.15. The summed E-state index contributed by atoms with van der Waals surface area (Å²) in [6.45, 7) is 3.66. The summed E-state index contributed by atoms with van der Waals surface area (Å²) in [7, 11) is 0. The molecule has 5 rings (SSSR count). The highest BCUT2D eigenvalue weighted by molar-refractivity contribution is 5.83. The predicted molar refractivity (Wildman–Crippen MR) is 105 cm³/mol. The van der Waals surface area contributed by atoms with Gasteiger partial charge in [0.25, 0.3) is 0 Å². The Morgan fingerprint density at radius 3 is 1.62 bits per heavy atom. The van der Waals surface area contributed by atoms with Crippen molar-refractivity contribution in [1.82, 2.24) is 0 Å². The van der Waals surface area contributed by atoms with Gasteiger partial charge >= 0.3 is 0 Å². The number of hydrogen-bond donors (Lipinski definition) is 0. The normalized spacial score (nSPS) is 19.4. The molecule has 2 aliphatic carbocycles. The minimum absolute atomic E-state index is 0.390. The Hall–Kier alpha value is -1.96. The number of aryl methyl sites for hydroxylation is 2. The van der Waals surface area contributed by atoms with E-state index in [-0.39, 0.29) is 0 Å². The topological polar surface area (TPSA) is 18.5 Å². The average Bonchev–Trinajstić information content (AvgIpc) is 2.76. The minimum Gasteiger partial charge on any atom is -0.493 e. The third-order valence-electron chi connectivity index (χ3n) is 6.29. The van der Waals surface area contributed by atoms with Crippen LogP contribution in [0.25, 0.3) is 11.1 Å². The van der Waals surface area contributed by atoms with E-state index in [1.165, 1.54) is 84.7 Å². The lowest BCUT2D eigenvalue weighted by Crippen LogP contribution is -2.16. The smallest absolute Gasteiger partial charge is 0.127 e. The number of rotatable bonds is 0. The van der Waals surface area contributed by atoms with Gasteiger partial charge in [0.15, 0.2) is 0 Å². The van der Waals surface area contributed by atoms with Gasteiger partial charge in [-0.3, -0.25) is 0 Å². The van der Waals surface area contributed by atoms with E-state index in [0.29, 0.717) is 5.92 Å². The lowest BCUT2D eigenvalue weighted by Gasteiger charge is -2.27. The zero-order valence-electron chi connectivity index (χ0n) is 15.8. The summed E-state index contributed by atoms with van der Waals surface area (Å²) < 4.78 is 12.7. The maximum Gasteiger partial charge on any atom is 0.127 e. The van der Waals surface area contributed by atoms with Crippen LogP contribution < -0.4 is 9.47 Å². The van der Waals surface area contributed by atoms with Crippen LogP contribution in [0.1, 0.15) is 54.9 Å². The van der Waals surface area contributed by atoms with Crippen LogP contribution in [0.5, 0.6) is 11.5 Å². The predicted octanol–water partition coefficient (Wildman–Crippen LogP) is 5.52. The molecule has 0 saturated carbocycles. The van der Waals surface area contributed by atoms with Crippen molar-refractivity contribution in [2.75, 3.05) is 13.2 Å². The first kappa shape index (κ1) is 16.2. The van der Waals surface area contributed by atoms with Crippen molar-refractivity contribution < 1.29 is 9.47 Å². The van der Waals surface area contributed by atoms with Crippen LogP contribution >= 0.6 is 0 Å². The van der Waals surface area contributed by atoms with E-state index in [1.807, 2.05) is 0 Å². The molecule has 2 aromatic rings. The van der Waals surface area contributed by atoms with Crippen LogP contribution in [0, 0.1) is 5.92 Å². The molecule has 2 heteroatoms. The van der Waals surface area contributed by atoms with Gasteiger partial charge in [0.2, 0.25) is 0 Å². The molecular weight excluding hydrogens is 320 g/mol. The van der Waals surface area contributed by atoms with Crippen LogP contribution in [0.4, 0.5) is 0 Å². The average molecular weight is 348 g/mol. The van der Waals surface area contributed by atoms with E-state index in [2.05, 4.69) is 31.2 Å². The van der Waals surface area contributed by atoms with Gasteiger partial charge in [0.05, 0.1) is 13.2 Å². The second-order valence-corrected chi connectivity index (χ2v) is 8.29. The molecule has 2 aromatic carbocycles. The van der Waals surface area contributed by atoms with Crippen molar-refractivity contribution in [1.29, 1.82) is 0 Å². The standard InChI is InChI=1S/C24H28O2/c1-16-14-25-21-12-10-17-6-2-4-8-19(17)23(21)24-20-9-5-3-7-18(20)11-13-22(24)26-15-16/h10-13,16H,2-9,14-15H2,1H3. The first-order valence-corrected chi connectivity index (χ1v) is 10.4. The van der Waals surface area contributed by atoms with Crippen LogP contribution in [0.2, 0.25) is 0 Å². The van der Waals surface area contributed by atoms with Gasteiger partial charge in [0, 0.05) is 17.0 Å². The van der Waals surface area contributed by atoms with Crippen molar-refractivity contribution in [3.8, 4) is 22.6 Å². The molecule has 0 aromatic heterocycles. The molecule has 0 amide bonds. The largest absolute Gasteiger partial charge is 0.493 e. The minimum atomic E-state index is 0.390. The van der Waals surface area contributed by atoms with Crippen LogP contribution in [0.3, 0.4) is 0 Å². The Morgan fingerprint density at radius 2 is 1.12 bits per heavy atom. The van der Waals surface area contributed by atoms with Crippen LogP contribution in [-0.2, 0) is 25.7 Å². The fourth-order valence-electron chi connectivity index (χ4n) is 4.91. The Balaban J connectivity index is 1.80.